The molecule has 1 unspecified atom stereocenters. The van der Waals surface area contributed by atoms with Crippen molar-refractivity contribution >= 4 is 17.2 Å². The van der Waals surface area contributed by atoms with E-state index in [4.69, 9.17) is 0 Å². The summed E-state index contributed by atoms with van der Waals surface area (Å²) in [5.41, 5.74) is 9.76. The molecule has 0 aliphatic heterocycles. The van der Waals surface area contributed by atoms with Gasteiger partial charge >= 0.3 is 0 Å². The van der Waals surface area contributed by atoms with Gasteiger partial charge in [-0.3, -0.25) is 0 Å². The van der Waals surface area contributed by atoms with E-state index < -0.39 is 0 Å². The molecule has 1 atom stereocenters. The molecule has 0 nitrogen and oxygen atoms in total. The average molecular weight is 326 g/mol. The Morgan fingerprint density at radius 3 is 2.48 bits per heavy atom. The molecule has 2 aromatic rings. The fraction of sp³-hybridized carbons (Fsp3) is 0.280. The van der Waals surface area contributed by atoms with Crippen LogP contribution in [0.25, 0.3) is 17.2 Å². The minimum Gasteiger partial charge on any atom is -0.0761 e. The van der Waals surface area contributed by atoms with Gasteiger partial charge in [-0.05, 0) is 63.8 Å². The van der Waals surface area contributed by atoms with Crippen molar-refractivity contribution in [2.75, 3.05) is 0 Å². The van der Waals surface area contributed by atoms with Crippen LogP contribution < -0.4 is 0 Å². The van der Waals surface area contributed by atoms with Crippen LogP contribution in [0.3, 0.4) is 0 Å². The summed E-state index contributed by atoms with van der Waals surface area (Å²) in [6.45, 7) is 6.81. The van der Waals surface area contributed by atoms with Crippen LogP contribution >= 0.6 is 0 Å². The topological polar surface area (TPSA) is 0 Å². The molecule has 0 bridgehead atoms. The summed E-state index contributed by atoms with van der Waals surface area (Å²) in [5.74, 6) is 1.23. The van der Waals surface area contributed by atoms with Gasteiger partial charge in [0.1, 0.15) is 0 Å². The van der Waals surface area contributed by atoms with E-state index in [1.54, 1.807) is 0 Å². The van der Waals surface area contributed by atoms with Gasteiger partial charge in [0.15, 0.2) is 0 Å². The fourth-order valence-corrected chi connectivity index (χ4v) is 3.98. The summed E-state index contributed by atoms with van der Waals surface area (Å²) in [6, 6.07) is 16.0. The zero-order valence-electron chi connectivity index (χ0n) is 15.4. The molecule has 0 spiro atoms. The Morgan fingerprint density at radius 1 is 1.00 bits per heavy atom. The predicted molar refractivity (Wildman–Crippen MR) is 109 cm³/mol. The number of fused-ring (bicyclic) bond motifs is 1. The van der Waals surface area contributed by atoms with Crippen LogP contribution in [0.4, 0.5) is 0 Å². The predicted octanol–water partition coefficient (Wildman–Crippen LogP) is 6.89. The van der Waals surface area contributed by atoms with Crippen LogP contribution in [0.1, 0.15) is 60.9 Å². The van der Waals surface area contributed by atoms with Gasteiger partial charge in [-0.15, -0.1) is 0 Å². The molecule has 25 heavy (non-hydrogen) atoms. The summed E-state index contributed by atoms with van der Waals surface area (Å²) < 4.78 is 0. The third-order valence-electron chi connectivity index (χ3n) is 5.59. The molecule has 0 heteroatoms. The highest BCUT2D eigenvalue weighted by Crippen LogP contribution is 2.38. The Morgan fingerprint density at radius 2 is 1.76 bits per heavy atom. The number of allylic oxidation sites excluding steroid dienone is 5. The highest BCUT2D eigenvalue weighted by atomic mass is 14.3. The van der Waals surface area contributed by atoms with E-state index in [1.807, 2.05) is 0 Å². The first-order chi connectivity index (χ1) is 12.2. The minimum absolute atomic E-state index is 0.574. The molecule has 0 saturated heterocycles. The Balaban J connectivity index is 1.59. The molecular weight excluding hydrogens is 300 g/mol. The molecule has 0 amide bonds. The van der Waals surface area contributed by atoms with E-state index in [0.29, 0.717) is 11.8 Å². The lowest BCUT2D eigenvalue weighted by Crippen LogP contribution is -2.01. The van der Waals surface area contributed by atoms with Gasteiger partial charge in [-0.1, -0.05) is 81.5 Å². The Kier molecular flexibility index (Phi) is 4.21. The van der Waals surface area contributed by atoms with Gasteiger partial charge in [-0.25, -0.2) is 0 Å². The quantitative estimate of drug-likeness (QED) is 0.574. The van der Waals surface area contributed by atoms with Crippen molar-refractivity contribution in [2.24, 2.45) is 5.92 Å². The largest absolute Gasteiger partial charge is 0.0761 e. The van der Waals surface area contributed by atoms with E-state index in [9.17, 15) is 0 Å². The molecule has 0 aromatic heterocycles. The first-order valence-corrected chi connectivity index (χ1v) is 9.48. The van der Waals surface area contributed by atoms with Crippen LogP contribution in [0.5, 0.6) is 0 Å². The zero-order chi connectivity index (χ0) is 17.4. The molecule has 0 radical (unpaired) electrons. The number of rotatable bonds is 4. The summed E-state index contributed by atoms with van der Waals surface area (Å²) >= 11 is 0. The van der Waals surface area contributed by atoms with Crippen molar-refractivity contribution in [3.8, 4) is 0 Å². The Hall–Kier alpha value is -2.34. The van der Waals surface area contributed by atoms with Crippen LogP contribution in [-0.4, -0.2) is 0 Å². The molecule has 4 rings (SSSR count). The molecule has 0 heterocycles. The maximum absolute atomic E-state index is 2.36. The van der Waals surface area contributed by atoms with E-state index in [0.717, 1.165) is 12.8 Å². The van der Waals surface area contributed by atoms with Gasteiger partial charge < -0.3 is 0 Å². The highest BCUT2D eigenvalue weighted by Gasteiger charge is 2.21. The first kappa shape index (κ1) is 16.1. The molecule has 0 saturated carbocycles. The second-order valence-corrected chi connectivity index (χ2v) is 7.56. The summed E-state index contributed by atoms with van der Waals surface area (Å²) in [6.07, 6.45) is 11.5. The zero-order valence-corrected chi connectivity index (χ0v) is 15.4. The Labute approximate surface area is 151 Å². The SMILES string of the molecule is CCc1ccc(C2=CC(c3ccc4c(c3)C=CC4C(C)C)=CC2)cc1. The van der Waals surface area contributed by atoms with Gasteiger partial charge in [-0.2, -0.15) is 0 Å². The van der Waals surface area contributed by atoms with Crippen molar-refractivity contribution in [1.29, 1.82) is 0 Å². The standard InChI is InChI=1S/C25H26/c1-4-18-5-7-19(8-6-18)20-9-10-21(15-20)22-11-14-25-23(16-22)12-13-24(25)17(2)3/h5-8,10-17,24H,4,9H2,1-3H3. The van der Waals surface area contributed by atoms with E-state index in [2.05, 4.69) is 87.5 Å². The van der Waals surface area contributed by atoms with Gasteiger partial charge in [0, 0.05) is 5.92 Å². The minimum atomic E-state index is 0.574. The smallest absolute Gasteiger partial charge is 0.00502 e. The van der Waals surface area contributed by atoms with E-state index in [-0.39, 0.29) is 0 Å². The van der Waals surface area contributed by atoms with E-state index in [1.165, 1.54) is 39.0 Å². The van der Waals surface area contributed by atoms with Crippen molar-refractivity contribution in [3.63, 3.8) is 0 Å². The lowest BCUT2D eigenvalue weighted by Gasteiger charge is -2.15. The second-order valence-electron chi connectivity index (χ2n) is 7.56. The molecular formula is C25H26. The summed E-state index contributed by atoms with van der Waals surface area (Å²) in [4.78, 5) is 0. The molecule has 2 aromatic carbocycles. The Bertz CT molecular complexity index is 873. The third-order valence-corrected chi connectivity index (χ3v) is 5.59. The maximum Gasteiger partial charge on any atom is 0.00502 e. The molecule has 126 valence electrons. The van der Waals surface area contributed by atoms with Gasteiger partial charge in [0.05, 0.1) is 0 Å². The number of hydrogen-bond donors (Lipinski definition) is 0. The second kappa shape index (κ2) is 6.52. The van der Waals surface area contributed by atoms with Crippen LogP contribution in [0.2, 0.25) is 0 Å². The molecule has 0 fully saturated rings. The number of benzene rings is 2. The lowest BCUT2D eigenvalue weighted by molar-refractivity contribution is 0.584. The third kappa shape index (κ3) is 3.02. The summed E-state index contributed by atoms with van der Waals surface area (Å²) in [5, 5.41) is 0. The van der Waals surface area contributed by atoms with E-state index >= 15 is 0 Å². The van der Waals surface area contributed by atoms with Crippen LogP contribution in [0, 0.1) is 5.92 Å². The summed E-state index contributed by atoms with van der Waals surface area (Å²) in [7, 11) is 0. The van der Waals surface area contributed by atoms with Crippen molar-refractivity contribution in [3.05, 3.63) is 88.5 Å². The van der Waals surface area contributed by atoms with Crippen molar-refractivity contribution in [2.45, 2.75) is 39.5 Å². The lowest BCUT2D eigenvalue weighted by atomic mass is 9.89. The van der Waals surface area contributed by atoms with Crippen LogP contribution in [-0.2, 0) is 6.42 Å². The fourth-order valence-electron chi connectivity index (χ4n) is 3.98. The van der Waals surface area contributed by atoms with Gasteiger partial charge in [0.2, 0.25) is 0 Å². The average Bonchev–Trinajstić information content (AvgIpc) is 3.28. The first-order valence-electron chi connectivity index (χ1n) is 9.48. The van der Waals surface area contributed by atoms with Crippen LogP contribution in [0.15, 0.2) is 60.7 Å². The van der Waals surface area contributed by atoms with Crippen molar-refractivity contribution < 1.29 is 0 Å². The van der Waals surface area contributed by atoms with Crippen molar-refractivity contribution in [1.82, 2.24) is 0 Å². The molecule has 0 N–H and O–H groups in total. The molecule has 2 aliphatic carbocycles. The number of aryl methyl sites for hydroxylation is 1. The number of hydrogen-bond acceptors (Lipinski definition) is 0. The molecule has 2 aliphatic rings. The normalized spacial score (nSPS) is 18.5. The highest BCUT2D eigenvalue weighted by molar-refractivity contribution is 5.90. The monoisotopic (exact) mass is 326 g/mol. The van der Waals surface area contributed by atoms with Gasteiger partial charge in [0.25, 0.3) is 0 Å². The maximum atomic E-state index is 2.36.